The van der Waals surface area contributed by atoms with Gasteiger partial charge in [0.25, 0.3) is 0 Å². The number of fused-ring (bicyclic) bond motifs is 1. The molecule has 0 atom stereocenters. The zero-order valence-electron chi connectivity index (χ0n) is 10.2. The van der Waals surface area contributed by atoms with Gasteiger partial charge in [-0.05, 0) is 30.4 Å². The van der Waals surface area contributed by atoms with E-state index in [1.54, 1.807) is 0 Å². The molecule has 3 rings (SSSR count). The van der Waals surface area contributed by atoms with Crippen molar-refractivity contribution >= 4 is 34.3 Å². The standard InChI is InChI=1S/C14H17ClN2S/c15-14-11-3-1-2-4-12(11)17-13(14)9-16-10-5-7-18-8-6-10/h1-4,10,16-17H,5-9H2. The van der Waals surface area contributed by atoms with Crippen molar-refractivity contribution < 1.29 is 0 Å². The van der Waals surface area contributed by atoms with Gasteiger partial charge in [0.15, 0.2) is 0 Å². The first-order valence-corrected chi connectivity index (χ1v) is 7.94. The maximum atomic E-state index is 6.40. The van der Waals surface area contributed by atoms with Crippen molar-refractivity contribution in [2.45, 2.75) is 25.4 Å². The monoisotopic (exact) mass is 280 g/mol. The summed E-state index contributed by atoms with van der Waals surface area (Å²) in [6.45, 7) is 0.836. The fourth-order valence-corrected chi connectivity index (χ4v) is 3.82. The average Bonchev–Trinajstić information content (AvgIpc) is 2.75. The highest BCUT2D eigenvalue weighted by atomic mass is 35.5. The van der Waals surface area contributed by atoms with Crippen LogP contribution in [0.5, 0.6) is 0 Å². The Morgan fingerprint density at radius 1 is 1.28 bits per heavy atom. The molecule has 0 amide bonds. The topological polar surface area (TPSA) is 27.8 Å². The molecule has 0 radical (unpaired) electrons. The second-order valence-electron chi connectivity index (χ2n) is 4.73. The predicted molar refractivity (Wildman–Crippen MR) is 80.5 cm³/mol. The average molecular weight is 281 g/mol. The Labute approximate surface area is 116 Å². The fourth-order valence-electron chi connectivity index (χ4n) is 2.43. The highest BCUT2D eigenvalue weighted by molar-refractivity contribution is 7.99. The lowest BCUT2D eigenvalue weighted by atomic mass is 10.1. The number of hydrogen-bond acceptors (Lipinski definition) is 2. The summed E-state index contributed by atoms with van der Waals surface area (Å²) < 4.78 is 0. The van der Waals surface area contributed by atoms with Crippen LogP contribution in [0.1, 0.15) is 18.5 Å². The Hall–Kier alpha value is -0.640. The Morgan fingerprint density at radius 3 is 2.83 bits per heavy atom. The molecule has 2 N–H and O–H groups in total. The molecule has 0 bridgehead atoms. The van der Waals surface area contributed by atoms with Gasteiger partial charge in [0, 0.05) is 29.2 Å². The molecule has 96 valence electrons. The molecule has 1 aliphatic rings. The van der Waals surface area contributed by atoms with E-state index in [0.717, 1.165) is 28.2 Å². The summed E-state index contributed by atoms with van der Waals surface area (Å²) in [6.07, 6.45) is 2.53. The summed E-state index contributed by atoms with van der Waals surface area (Å²) in [6, 6.07) is 8.84. The molecule has 4 heteroatoms. The van der Waals surface area contributed by atoms with Crippen LogP contribution in [0.4, 0.5) is 0 Å². The summed E-state index contributed by atoms with van der Waals surface area (Å²) in [5, 5.41) is 5.60. The van der Waals surface area contributed by atoms with Crippen molar-refractivity contribution in [1.82, 2.24) is 10.3 Å². The Balaban J connectivity index is 1.72. The number of nitrogens with one attached hydrogen (secondary N) is 2. The van der Waals surface area contributed by atoms with Gasteiger partial charge in [0.05, 0.1) is 5.02 Å². The van der Waals surface area contributed by atoms with Crippen LogP contribution in [0.25, 0.3) is 10.9 Å². The van der Waals surface area contributed by atoms with Crippen LogP contribution in [0.3, 0.4) is 0 Å². The summed E-state index contributed by atoms with van der Waals surface area (Å²) in [5.74, 6) is 2.55. The predicted octanol–water partition coefficient (Wildman–Crippen LogP) is 3.81. The molecular formula is C14H17ClN2S. The Morgan fingerprint density at radius 2 is 2.06 bits per heavy atom. The minimum absolute atomic E-state index is 0.647. The molecule has 1 fully saturated rings. The number of aromatic nitrogens is 1. The van der Waals surface area contributed by atoms with Gasteiger partial charge in [-0.3, -0.25) is 0 Å². The van der Waals surface area contributed by atoms with E-state index >= 15 is 0 Å². The quantitative estimate of drug-likeness (QED) is 0.895. The second kappa shape index (κ2) is 5.55. The van der Waals surface area contributed by atoms with Crippen LogP contribution in [0.2, 0.25) is 5.02 Å². The van der Waals surface area contributed by atoms with E-state index in [1.165, 1.54) is 24.3 Å². The van der Waals surface area contributed by atoms with E-state index in [2.05, 4.69) is 34.2 Å². The van der Waals surface area contributed by atoms with Gasteiger partial charge in [-0.15, -0.1) is 0 Å². The zero-order chi connectivity index (χ0) is 12.4. The maximum Gasteiger partial charge on any atom is 0.0705 e. The highest BCUT2D eigenvalue weighted by Gasteiger charge is 2.14. The second-order valence-corrected chi connectivity index (χ2v) is 6.33. The van der Waals surface area contributed by atoms with Crippen molar-refractivity contribution in [1.29, 1.82) is 0 Å². The Kier molecular flexibility index (Phi) is 3.83. The number of H-pyrrole nitrogens is 1. The third kappa shape index (κ3) is 2.53. The summed E-state index contributed by atoms with van der Waals surface area (Å²) in [4.78, 5) is 3.40. The largest absolute Gasteiger partial charge is 0.356 e. The van der Waals surface area contributed by atoms with Gasteiger partial charge in [-0.1, -0.05) is 29.8 Å². The molecule has 0 spiro atoms. The van der Waals surface area contributed by atoms with E-state index in [0.29, 0.717) is 6.04 Å². The lowest BCUT2D eigenvalue weighted by molar-refractivity contribution is 0.479. The highest BCUT2D eigenvalue weighted by Crippen LogP contribution is 2.27. The molecular weight excluding hydrogens is 264 g/mol. The van der Waals surface area contributed by atoms with Crippen LogP contribution >= 0.6 is 23.4 Å². The van der Waals surface area contributed by atoms with Crippen molar-refractivity contribution in [3.05, 3.63) is 35.0 Å². The molecule has 18 heavy (non-hydrogen) atoms. The molecule has 2 nitrogen and oxygen atoms in total. The number of thioether (sulfide) groups is 1. The number of aromatic amines is 1. The molecule has 2 heterocycles. The summed E-state index contributed by atoms with van der Waals surface area (Å²) in [7, 11) is 0. The van der Waals surface area contributed by atoms with E-state index in [-0.39, 0.29) is 0 Å². The van der Waals surface area contributed by atoms with E-state index in [9.17, 15) is 0 Å². The number of para-hydroxylation sites is 1. The fraction of sp³-hybridized carbons (Fsp3) is 0.429. The van der Waals surface area contributed by atoms with Crippen LogP contribution in [0, 0.1) is 0 Å². The molecule has 2 aromatic rings. The molecule has 1 aromatic heterocycles. The number of hydrogen-bond donors (Lipinski definition) is 2. The summed E-state index contributed by atoms with van der Waals surface area (Å²) in [5.41, 5.74) is 2.23. The van der Waals surface area contributed by atoms with Gasteiger partial charge >= 0.3 is 0 Å². The van der Waals surface area contributed by atoms with Gasteiger partial charge in [0.2, 0.25) is 0 Å². The van der Waals surface area contributed by atoms with E-state index in [4.69, 9.17) is 11.6 Å². The van der Waals surface area contributed by atoms with Crippen molar-refractivity contribution in [3.8, 4) is 0 Å². The molecule has 0 aliphatic carbocycles. The smallest absolute Gasteiger partial charge is 0.0705 e. The van der Waals surface area contributed by atoms with Crippen LogP contribution < -0.4 is 5.32 Å². The lowest BCUT2D eigenvalue weighted by Crippen LogP contribution is -2.32. The number of halogens is 1. The van der Waals surface area contributed by atoms with Gasteiger partial charge in [0.1, 0.15) is 0 Å². The van der Waals surface area contributed by atoms with E-state index in [1.807, 2.05) is 12.1 Å². The molecule has 1 saturated heterocycles. The minimum Gasteiger partial charge on any atom is -0.356 e. The van der Waals surface area contributed by atoms with Gasteiger partial charge < -0.3 is 10.3 Å². The molecule has 0 saturated carbocycles. The molecule has 0 unspecified atom stereocenters. The number of rotatable bonds is 3. The normalized spacial score (nSPS) is 17.4. The SMILES string of the molecule is Clc1c(CNC2CCSCC2)[nH]c2ccccc12. The van der Waals surface area contributed by atoms with Gasteiger partial charge in [-0.25, -0.2) is 0 Å². The van der Waals surface area contributed by atoms with Crippen molar-refractivity contribution in [3.63, 3.8) is 0 Å². The van der Waals surface area contributed by atoms with Crippen LogP contribution in [-0.4, -0.2) is 22.5 Å². The first-order valence-electron chi connectivity index (χ1n) is 6.41. The van der Waals surface area contributed by atoms with Gasteiger partial charge in [-0.2, -0.15) is 11.8 Å². The Bertz CT molecular complexity index is 532. The van der Waals surface area contributed by atoms with E-state index < -0.39 is 0 Å². The van der Waals surface area contributed by atoms with Crippen LogP contribution in [-0.2, 0) is 6.54 Å². The molecule has 1 aliphatic heterocycles. The summed E-state index contributed by atoms with van der Waals surface area (Å²) >= 11 is 8.45. The first-order chi connectivity index (χ1) is 8.84. The third-order valence-electron chi connectivity index (χ3n) is 3.50. The number of benzene rings is 1. The van der Waals surface area contributed by atoms with Crippen LogP contribution in [0.15, 0.2) is 24.3 Å². The minimum atomic E-state index is 0.647. The van der Waals surface area contributed by atoms with Crippen molar-refractivity contribution in [2.24, 2.45) is 0 Å². The third-order valence-corrected chi connectivity index (χ3v) is 4.98. The first kappa shape index (κ1) is 12.4. The zero-order valence-corrected chi connectivity index (χ0v) is 11.8. The molecule has 1 aromatic carbocycles. The lowest BCUT2D eigenvalue weighted by Gasteiger charge is -2.22. The maximum absolute atomic E-state index is 6.40. The van der Waals surface area contributed by atoms with Crippen molar-refractivity contribution in [2.75, 3.05) is 11.5 Å².